The highest BCUT2D eigenvalue weighted by molar-refractivity contribution is 5.67. The summed E-state index contributed by atoms with van der Waals surface area (Å²) in [5, 5.41) is 5.98. The SMILES string of the molecule is COc1cccc(CNCCCNC(=O)OC(C)(C)C)n1. The van der Waals surface area contributed by atoms with E-state index >= 15 is 0 Å². The average Bonchev–Trinajstić information content (AvgIpc) is 2.41. The third-order valence-corrected chi connectivity index (χ3v) is 2.50. The molecule has 1 aromatic rings. The highest BCUT2D eigenvalue weighted by atomic mass is 16.6. The van der Waals surface area contributed by atoms with E-state index in [1.807, 2.05) is 39.0 Å². The van der Waals surface area contributed by atoms with Crippen molar-refractivity contribution in [3.63, 3.8) is 0 Å². The van der Waals surface area contributed by atoms with Crippen molar-refractivity contribution in [3.8, 4) is 5.88 Å². The van der Waals surface area contributed by atoms with Gasteiger partial charge in [-0.05, 0) is 39.8 Å². The second kappa shape index (κ2) is 8.46. The largest absolute Gasteiger partial charge is 0.481 e. The van der Waals surface area contributed by atoms with Crippen LogP contribution in [0, 0.1) is 0 Å². The van der Waals surface area contributed by atoms with Crippen LogP contribution in [0.25, 0.3) is 0 Å². The smallest absolute Gasteiger partial charge is 0.407 e. The van der Waals surface area contributed by atoms with Crippen molar-refractivity contribution in [2.45, 2.75) is 39.3 Å². The number of aromatic nitrogens is 1. The van der Waals surface area contributed by atoms with Crippen LogP contribution in [0.1, 0.15) is 32.9 Å². The Morgan fingerprint density at radius 3 is 2.71 bits per heavy atom. The fraction of sp³-hybridized carbons (Fsp3) is 0.600. The van der Waals surface area contributed by atoms with Crippen LogP contribution in [-0.2, 0) is 11.3 Å². The second-order valence-electron chi connectivity index (χ2n) is 5.63. The zero-order valence-electron chi connectivity index (χ0n) is 13.2. The maximum Gasteiger partial charge on any atom is 0.407 e. The number of methoxy groups -OCH3 is 1. The van der Waals surface area contributed by atoms with Gasteiger partial charge in [-0.3, -0.25) is 0 Å². The molecule has 0 fully saturated rings. The lowest BCUT2D eigenvalue weighted by molar-refractivity contribution is 0.0527. The molecule has 1 heterocycles. The Labute approximate surface area is 126 Å². The molecule has 0 radical (unpaired) electrons. The van der Waals surface area contributed by atoms with E-state index in [2.05, 4.69) is 15.6 Å². The number of nitrogens with zero attached hydrogens (tertiary/aromatic N) is 1. The third kappa shape index (κ3) is 8.14. The molecule has 0 aliphatic carbocycles. The number of amides is 1. The van der Waals surface area contributed by atoms with Gasteiger partial charge in [0.05, 0.1) is 12.8 Å². The summed E-state index contributed by atoms with van der Waals surface area (Å²) in [6.07, 6.45) is 0.445. The van der Waals surface area contributed by atoms with Crippen LogP contribution in [0.2, 0.25) is 0 Å². The number of carbonyl (C=O) groups excluding carboxylic acids is 1. The number of pyridine rings is 1. The first-order valence-corrected chi connectivity index (χ1v) is 7.08. The number of carbonyl (C=O) groups is 1. The van der Waals surface area contributed by atoms with Gasteiger partial charge in [0, 0.05) is 19.2 Å². The number of ether oxygens (including phenoxy) is 2. The van der Waals surface area contributed by atoms with Crippen molar-refractivity contribution in [1.29, 1.82) is 0 Å². The summed E-state index contributed by atoms with van der Waals surface area (Å²) in [4.78, 5) is 15.7. The van der Waals surface area contributed by atoms with E-state index in [1.54, 1.807) is 7.11 Å². The molecule has 0 atom stereocenters. The molecule has 0 saturated carbocycles. The van der Waals surface area contributed by atoms with Gasteiger partial charge in [-0.15, -0.1) is 0 Å². The maximum absolute atomic E-state index is 11.4. The molecule has 0 aliphatic rings. The van der Waals surface area contributed by atoms with Gasteiger partial charge in [-0.25, -0.2) is 9.78 Å². The van der Waals surface area contributed by atoms with Gasteiger partial charge >= 0.3 is 6.09 Å². The summed E-state index contributed by atoms with van der Waals surface area (Å²) in [5.41, 5.74) is 0.467. The summed E-state index contributed by atoms with van der Waals surface area (Å²) >= 11 is 0. The topological polar surface area (TPSA) is 72.5 Å². The Morgan fingerprint density at radius 2 is 2.05 bits per heavy atom. The molecule has 6 heteroatoms. The van der Waals surface area contributed by atoms with Gasteiger partial charge in [-0.1, -0.05) is 6.07 Å². The number of hydrogen-bond acceptors (Lipinski definition) is 5. The van der Waals surface area contributed by atoms with Crippen molar-refractivity contribution in [2.24, 2.45) is 0 Å². The summed E-state index contributed by atoms with van der Waals surface area (Å²) < 4.78 is 10.2. The van der Waals surface area contributed by atoms with Crippen LogP contribution in [0.4, 0.5) is 4.79 Å². The van der Waals surface area contributed by atoms with E-state index in [0.29, 0.717) is 19.0 Å². The van der Waals surface area contributed by atoms with Gasteiger partial charge in [0.25, 0.3) is 0 Å². The van der Waals surface area contributed by atoms with E-state index in [-0.39, 0.29) is 6.09 Å². The third-order valence-electron chi connectivity index (χ3n) is 2.50. The molecule has 0 saturated heterocycles. The lowest BCUT2D eigenvalue weighted by Gasteiger charge is -2.19. The molecule has 1 aromatic heterocycles. The Bertz CT molecular complexity index is 444. The van der Waals surface area contributed by atoms with Gasteiger partial charge in [-0.2, -0.15) is 0 Å². The Morgan fingerprint density at radius 1 is 1.29 bits per heavy atom. The van der Waals surface area contributed by atoms with Gasteiger partial charge in [0.15, 0.2) is 0 Å². The molecule has 0 unspecified atom stereocenters. The molecule has 21 heavy (non-hydrogen) atoms. The molecule has 0 aromatic carbocycles. The quantitative estimate of drug-likeness (QED) is 0.754. The first kappa shape index (κ1) is 17.2. The number of rotatable bonds is 7. The molecule has 0 aliphatic heterocycles. The summed E-state index contributed by atoms with van der Waals surface area (Å²) in [7, 11) is 1.60. The number of nitrogens with one attached hydrogen (secondary N) is 2. The monoisotopic (exact) mass is 295 g/mol. The minimum absolute atomic E-state index is 0.378. The zero-order valence-corrected chi connectivity index (χ0v) is 13.2. The zero-order chi connectivity index (χ0) is 15.7. The van der Waals surface area contributed by atoms with Crippen LogP contribution in [0.15, 0.2) is 18.2 Å². The number of hydrogen-bond donors (Lipinski definition) is 2. The predicted octanol–water partition coefficient (Wildman–Crippen LogP) is 2.09. The summed E-state index contributed by atoms with van der Waals surface area (Å²) in [5.74, 6) is 0.612. The molecule has 0 spiro atoms. The Kier molecular flexibility index (Phi) is 6.94. The summed E-state index contributed by atoms with van der Waals surface area (Å²) in [6, 6.07) is 5.66. The van der Waals surface area contributed by atoms with Crippen LogP contribution in [0.3, 0.4) is 0 Å². The highest BCUT2D eigenvalue weighted by Crippen LogP contribution is 2.07. The molecule has 2 N–H and O–H groups in total. The van der Waals surface area contributed by atoms with Gasteiger partial charge in [0.2, 0.25) is 5.88 Å². The van der Waals surface area contributed by atoms with Crippen LogP contribution in [-0.4, -0.2) is 36.9 Å². The minimum atomic E-state index is -0.458. The predicted molar refractivity (Wildman–Crippen MR) is 81.3 cm³/mol. The number of alkyl carbamates (subject to hydrolysis) is 1. The second-order valence-corrected chi connectivity index (χ2v) is 5.63. The van der Waals surface area contributed by atoms with Gasteiger partial charge < -0.3 is 20.1 Å². The van der Waals surface area contributed by atoms with Crippen LogP contribution >= 0.6 is 0 Å². The molecule has 1 amide bonds. The van der Waals surface area contributed by atoms with Crippen molar-refractivity contribution in [1.82, 2.24) is 15.6 Å². The standard InChI is InChI=1S/C15H25N3O3/c1-15(2,3)21-14(19)17-10-6-9-16-11-12-7-5-8-13(18-12)20-4/h5,7-8,16H,6,9-11H2,1-4H3,(H,17,19). The first-order chi connectivity index (χ1) is 9.90. The average molecular weight is 295 g/mol. The normalized spacial score (nSPS) is 11.0. The van der Waals surface area contributed by atoms with Crippen LogP contribution in [0.5, 0.6) is 5.88 Å². The lowest BCUT2D eigenvalue weighted by Crippen LogP contribution is -2.33. The molecule has 1 rings (SSSR count). The first-order valence-electron chi connectivity index (χ1n) is 7.08. The maximum atomic E-state index is 11.4. The Balaban J connectivity index is 2.10. The van der Waals surface area contributed by atoms with Crippen molar-refractivity contribution in [3.05, 3.63) is 23.9 Å². The molecular weight excluding hydrogens is 270 g/mol. The van der Waals surface area contributed by atoms with Crippen molar-refractivity contribution in [2.75, 3.05) is 20.2 Å². The fourth-order valence-corrected chi connectivity index (χ4v) is 1.60. The highest BCUT2D eigenvalue weighted by Gasteiger charge is 2.15. The van der Waals surface area contributed by atoms with E-state index in [9.17, 15) is 4.79 Å². The van der Waals surface area contributed by atoms with E-state index in [1.165, 1.54) is 0 Å². The molecule has 0 bridgehead atoms. The fourth-order valence-electron chi connectivity index (χ4n) is 1.60. The minimum Gasteiger partial charge on any atom is -0.481 e. The molecule has 6 nitrogen and oxygen atoms in total. The van der Waals surface area contributed by atoms with Crippen molar-refractivity contribution >= 4 is 6.09 Å². The lowest BCUT2D eigenvalue weighted by atomic mass is 10.2. The van der Waals surface area contributed by atoms with Crippen molar-refractivity contribution < 1.29 is 14.3 Å². The van der Waals surface area contributed by atoms with E-state index in [0.717, 1.165) is 18.7 Å². The Hall–Kier alpha value is -1.82. The van der Waals surface area contributed by atoms with Gasteiger partial charge in [0.1, 0.15) is 5.60 Å². The molecular formula is C15H25N3O3. The van der Waals surface area contributed by atoms with E-state index in [4.69, 9.17) is 9.47 Å². The summed E-state index contributed by atoms with van der Waals surface area (Å²) in [6.45, 7) is 7.56. The van der Waals surface area contributed by atoms with E-state index < -0.39 is 5.60 Å². The molecule has 118 valence electrons. The van der Waals surface area contributed by atoms with Crippen LogP contribution < -0.4 is 15.4 Å².